The van der Waals surface area contributed by atoms with Crippen molar-refractivity contribution in [3.8, 4) is 23.0 Å². The van der Waals surface area contributed by atoms with E-state index in [-0.39, 0.29) is 46.8 Å². The fourth-order valence-corrected chi connectivity index (χ4v) is 5.16. The molecule has 1 heterocycles. The highest BCUT2D eigenvalue weighted by Gasteiger charge is 2.59. The molecule has 2 bridgehead atoms. The van der Waals surface area contributed by atoms with Gasteiger partial charge in [-0.3, -0.25) is 9.59 Å². The van der Waals surface area contributed by atoms with Crippen molar-refractivity contribution < 1.29 is 33.3 Å². The number of carbonyl (C=O) groups is 3. The van der Waals surface area contributed by atoms with Crippen LogP contribution in [0.25, 0.3) is 0 Å². The Morgan fingerprint density at radius 1 is 0.914 bits per heavy atom. The van der Waals surface area contributed by atoms with Crippen molar-refractivity contribution in [2.75, 3.05) is 21.3 Å². The Kier molecular flexibility index (Phi) is 5.76. The molecule has 2 aromatic rings. The van der Waals surface area contributed by atoms with Crippen LogP contribution in [0.2, 0.25) is 0 Å². The lowest BCUT2D eigenvalue weighted by Gasteiger charge is -2.14. The molecule has 1 saturated heterocycles. The van der Waals surface area contributed by atoms with Gasteiger partial charge in [0.15, 0.2) is 11.5 Å². The van der Waals surface area contributed by atoms with Crippen LogP contribution < -0.4 is 18.9 Å². The van der Waals surface area contributed by atoms with Crippen LogP contribution >= 0.6 is 0 Å². The van der Waals surface area contributed by atoms with Gasteiger partial charge in [-0.15, -0.1) is 0 Å². The normalized spacial score (nSPS) is 24.3. The van der Waals surface area contributed by atoms with Crippen molar-refractivity contribution in [1.82, 2.24) is 5.01 Å². The fraction of sp³-hybridized carbons (Fsp3) is 0.308. The average Bonchev–Trinajstić information content (AvgIpc) is 3.56. The minimum Gasteiger partial charge on any atom is -0.493 e. The van der Waals surface area contributed by atoms with Gasteiger partial charge in [-0.25, -0.2) is 4.79 Å². The van der Waals surface area contributed by atoms with Gasteiger partial charge >= 0.3 is 5.97 Å². The predicted octanol–water partition coefficient (Wildman–Crippen LogP) is 3.07. The summed E-state index contributed by atoms with van der Waals surface area (Å²) in [5.41, 5.74) is 0.624. The van der Waals surface area contributed by atoms with Crippen molar-refractivity contribution in [3.63, 3.8) is 0 Å². The second kappa shape index (κ2) is 8.90. The van der Waals surface area contributed by atoms with Crippen molar-refractivity contribution >= 4 is 24.0 Å². The zero-order valence-electron chi connectivity index (χ0n) is 19.5. The van der Waals surface area contributed by atoms with Gasteiger partial charge in [0.1, 0.15) is 5.75 Å². The monoisotopic (exact) mass is 476 g/mol. The van der Waals surface area contributed by atoms with E-state index in [1.807, 2.05) is 12.2 Å². The molecule has 0 unspecified atom stereocenters. The number of amides is 2. The number of hydrogen-bond acceptors (Lipinski definition) is 8. The second-order valence-electron chi connectivity index (χ2n) is 8.57. The summed E-state index contributed by atoms with van der Waals surface area (Å²) in [5, 5.41) is 5.14. The lowest BCUT2D eigenvalue weighted by atomic mass is 9.85. The van der Waals surface area contributed by atoms with E-state index < -0.39 is 5.97 Å². The first-order chi connectivity index (χ1) is 17.0. The largest absolute Gasteiger partial charge is 0.493 e. The molecule has 4 atom stereocenters. The maximum atomic E-state index is 12.9. The molecule has 3 aliphatic rings. The number of carbonyl (C=O) groups excluding carboxylic acids is 3. The molecule has 2 fully saturated rings. The molecule has 180 valence electrons. The van der Waals surface area contributed by atoms with E-state index in [1.165, 1.54) is 39.7 Å². The zero-order chi connectivity index (χ0) is 24.7. The lowest BCUT2D eigenvalue weighted by Crippen LogP contribution is -2.28. The van der Waals surface area contributed by atoms with Gasteiger partial charge < -0.3 is 18.9 Å². The standard InChI is InChI=1S/C26H24N2O7/c1-32-19-11-17(12-20(33-2)23(19)34-3)26(31)35-18-7-5-4-6-16(18)13-27-28-24(29)21-14-8-9-15(10-14)22(21)25(28)30/h4-9,11-15,21-22H,10H2,1-3H3/t14-,15-,21-,22+/m0/s1. The van der Waals surface area contributed by atoms with E-state index in [2.05, 4.69) is 5.10 Å². The maximum absolute atomic E-state index is 12.9. The third-order valence-corrected chi connectivity index (χ3v) is 6.78. The number of methoxy groups -OCH3 is 3. The summed E-state index contributed by atoms with van der Waals surface area (Å²) >= 11 is 0. The summed E-state index contributed by atoms with van der Waals surface area (Å²) in [7, 11) is 4.38. The van der Waals surface area contributed by atoms with Crippen LogP contribution in [0, 0.1) is 23.7 Å². The van der Waals surface area contributed by atoms with E-state index in [4.69, 9.17) is 18.9 Å². The molecule has 5 rings (SSSR count). The first-order valence-corrected chi connectivity index (χ1v) is 11.2. The van der Waals surface area contributed by atoms with Crippen molar-refractivity contribution in [2.45, 2.75) is 6.42 Å². The number of para-hydroxylation sites is 1. The minimum atomic E-state index is -0.657. The minimum absolute atomic E-state index is 0.105. The molecule has 9 heteroatoms. The molecule has 2 amide bonds. The van der Waals surface area contributed by atoms with Gasteiger partial charge in [0.2, 0.25) is 5.75 Å². The van der Waals surface area contributed by atoms with Crippen LogP contribution in [0.4, 0.5) is 0 Å². The van der Waals surface area contributed by atoms with E-state index >= 15 is 0 Å². The molecule has 1 aliphatic heterocycles. The number of allylic oxidation sites excluding steroid dienone is 2. The van der Waals surface area contributed by atoms with Gasteiger partial charge in [-0.2, -0.15) is 10.1 Å². The molecule has 9 nitrogen and oxygen atoms in total. The summed E-state index contributed by atoms with van der Waals surface area (Å²) in [6.07, 6.45) is 6.28. The number of imide groups is 1. The van der Waals surface area contributed by atoms with Crippen molar-refractivity contribution in [1.29, 1.82) is 0 Å². The highest BCUT2D eigenvalue weighted by atomic mass is 16.5. The fourth-order valence-electron chi connectivity index (χ4n) is 5.16. The number of hydrogen-bond donors (Lipinski definition) is 0. The SMILES string of the molecule is COc1cc(C(=O)Oc2ccccc2C=NN2C(=O)[C@@H]3[C@H](C2=O)[C@H]2C=C[C@H]3C2)cc(OC)c1OC. The summed E-state index contributed by atoms with van der Waals surface area (Å²) < 4.78 is 21.5. The molecule has 0 radical (unpaired) electrons. The van der Waals surface area contributed by atoms with Crippen molar-refractivity contribution in [2.24, 2.45) is 28.8 Å². The summed E-state index contributed by atoms with van der Waals surface area (Å²) in [6, 6.07) is 9.70. The van der Waals surface area contributed by atoms with Gasteiger partial charge in [0, 0.05) is 5.56 Å². The number of benzene rings is 2. The van der Waals surface area contributed by atoms with E-state index in [1.54, 1.807) is 24.3 Å². The second-order valence-corrected chi connectivity index (χ2v) is 8.57. The molecular formula is C26H24N2O7. The van der Waals surface area contributed by atoms with Crippen LogP contribution in [-0.2, 0) is 9.59 Å². The summed E-state index contributed by atoms with van der Waals surface area (Å²) in [4.78, 5) is 38.7. The topological polar surface area (TPSA) is 104 Å². The van der Waals surface area contributed by atoms with Gasteiger partial charge in [0.25, 0.3) is 11.8 Å². The quantitative estimate of drug-likeness (QED) is 0.199. The number of ether oxygens (including phenoxy) is 4. The zero-order valence-corrected chi connectivity index (χ0v) is 19.5. The van der Waals surface area contributed by atoms with Crippen LogP contribution in [0.3, 0.4) is 0 Å². The smallest absolute Gasteiger partial charge is 0.343 e. The Hall–Kier alpha value is -4.14. The molecular weight excluding hydrogens is 452 g/mol. The first-order valence-electron chi connectivity index (χ1n) is 11.2. The Morgan fingerprint density at radius 3 is 2.09 bits per heavy atom. The third kappa shape index (κ3) is 3.73. The average molecular weight is 476 g/mol. The molecule has 0 aromatic heterocycles. The highest BCUT2D eigenvalue weighted by Crippen LogP contribution is 2.52. The van der Waals surface area contributed by atoms with Crippen LogP contribution in [0.1, 0.15) is 22.3 Å². The number of nitrogens with zero attached hydrogens (tertiary/aromatic N) is 2. The molecule has 35 heavy (non-hydrogen) atoms. The Balaban J connectivity index is 1.37. The summed E-state index contributed by atoms with van der Waals surface area (Å²) in [6.45, 7) is 0. The van der Waals surface area contributed by atoms with E-state index in [0.29, 0.717) is 22.8 Å². The molecule has 2 aliphatic carbocycles. The van der Waals surface area contributed by atoms with Gasteiger partial charge in [-0.1, -0.05) is 24.3 Å². The van der Waals surface area contributed by atoms with Gasteiger partial charge in [0.05, 0.1) is 44.9 Å². The highest BCUT2D eigenvalue weighted by molar-refractivity contribution is 6.07. The molecule has 0 N–H and O–H groups in total. The summed E-state index contributed by atoms with van der Waals surface area (Å²) in [5.74, 6) is -0.464. The molecule has 0 spiro atoms. The Morgan fingerprint density at radius 2 is 1.51 bits per heavy atom. The lowest BCUT2D eigenvalue weighted by molar-refractivity contribution is -0.140. The van der Waals surface area contributed by atoms with Crippen molar-refractivity contribution in [3.05, 3.63) is 59.7 Å². The Labute approximate surface area is 201 Å². The number of esters is 1. The van der Waals surface area contributed by atoms with Crippen LogP contribution in [-0.4, -0.2) is 50.3 Å². The molecule has 2 aromatic carbocycles. The van der Waals surface area contributed by atoms with E-state index in [9.17, 15) is 14.4 Å². The predicted molar refractivity (Wildman–Crippen MR) is 125 cm³/mol. The number of rotatable bonds is 7. The van der Waals surface area contributed by atoms with Crippen LogP contribution in [0.15, 0.2) is 53.7 Å². The van der Waals surface area contributed by atoms with Crippen LogP contribution in [0.5, 0.6) is 23.0 Å². The number of hydrazone groups is 1. The number of fused-ring (bicyclic) bond motifs is 5. The molecule has 1 saturated carbocycles. The van der Waals surface area contributed by atoms with Gasteiger partial charge in [-0.05, 0) is 42.5 Å². The van der Waals surface area contributed by atoms with E-state index in [0.717, 1.165) is 11.4 Å². The third-order valence-electron chi connectivity index (χ3n) is 6.78. The first kappa shape index (κ1) is 22.6. The Bertz CT molecular complexity index is 1210. The maximum Gasteiger partial charge on any atom is 0.343 e.